The third kappa shape index (κ3) is 4.46. The minimum absolute atomic E-state index is 0.0463. The molecule has 0 radical (unpaired) electrons. The van der Waals surface area contributed by atoms with E-state index in [-0.39, 0.29) is 29.1 Å². The van der Waals surface area contributed by atoms with Gasteiger partial charge in [-0.05, 0) is 25.8 Å². The number of esters is 1. The van der Waals surface area contributed by atoms with E-state index in [0.29, 0.717) is 13.0 Å². The van der Waals surface area contributed by atoms with Crippen LogP contribution in [0.5, 0.6) is 0 Å². The van der Waals surface area contributed by atoms with E-state index in [4.69, 9.17) is 4.74 Å². The maximum Gasteiger partial charge on any atom is 0.378 e. The predicted octanol–water partition coefficient (Wildman–Crippen LogP) is 0.405. The van der Waals surface area contributed by atoms with E-state index in [1.54, 1.807) is 19.2 Å². The van der Waals surface area contributed by atoms with E-state index >= 15 is 0 Å². The van der Waals surface area contributed by atoms with E-state index in [1.807, 2.05) is 6.92 Å². The molecule has 2 aromatic heterocycles. The summed E-state index contributed by atoms with van der Waals surface area (Å²) in [5.74, 6) is -1.13. The summed E-state index contributed by atoms with van der Waals surface area (Å²) in [7, 11) is -3.12. The second-order valence-corrected chi connectivity index (χ2v) is 9.04. The van der Waals surface area contributed by atoms with Crippen LogP contribution in [0.4, 0.5) is 0 Å². The molecule has 0 aliphatic carbocycles. The van der Waals surface area contributed by atoms with Crippen molar-refractivity contribution in [1.29, 1.82) is 0 Å². The van der Waals surface area contributed by atoms with Crippen LogP contribution >= 0.6 is 0 Å². The highest BCUT2D eigenvalue weighted by molar-refractivity contribution is 7.91. The summed E-state index contributed by atoms with van der Waals surface area (Å²) in [6, 6.07) is 1.35. The highest BCUT2D eigenvalue weighted by Gasteiger charge is 2.34. The maximum atomic E-state index is 12.6. The highest BCUT2D eigenvalue weighted by atomic mass is 32.2. The summed E-state index contributed by atoms with van der Waals surface area (Å²) < 4.78 is 30.0. The van der Waals surface area contributed by atoms with Gasteiger partial charge in [0.1, 0.15) is 0 Å². The normalized spacial score (nSPS) is 18.3. The number of amides is 1. The van der Waals surface area contributed by atoms with Crippen molar-refractivity contribution in [3.05, 3.63) is 23.8 Å². The average molecular weight is 409 g/mol. The Morgan fingerprint density at radius 1 is 1.39 bits per heavy atom. The molecule has 0 spiro atoms. The van der Waals surface area contributed by atoms with Gasteiger partial charge >= 0.3 is 5.97 Å². The summed E-state index contributed by atoms with van der Waals surface area (Å²) in [4.78, 5) is 34.4. The zero-order valence-electron chi connectivity index (χ0n) is 15.9. The van der Waals surface area contributed by atoms with Crippen LogP contribution in [-0.4, -0.2) is 75.5 Å². The summed E-state index contributed by atoms with van der Waals surface area (Å²) in [6.45, 7) is 3.73. The fourth-order valence-electron chi connectivity index (χ4n) is 3.13. The third-order valence-corrected chi connectivity index (χ3v) is 6.41. The molecular formula is C17H23N5O5S. The van der Waals surface area contributed by atoms with Crippen molar-refractivity contribution in [2.75, 3.05) is 24.7 Å². The molecule has 2 aromatic rings. The summed E-state index contributed by atoms with van der Waals surface area (Å²) in [6.07, 6.45) is 3.57. The number of unbranched alkanes of at least 4 members (excludes halogenated alkanes) is 1. The summed E-state index contributed by atoms with van der Waals surface area (Å²) >= 11 is 0. The van der Waals surface area contributed by atoms with Crippen molar-refractivity contribution >= 4 is 27.5 Å². The maximum absolute atomic E-state index is 12.6. The van der Waals surface area contributed by atoms with Gasteiger partial charge in [-0.3, -0.25) is 4.79 Å². The fourth-order valence-corrected chi connectivity index (χ4v) is 4.86. The topological polar surface area (TPSA) is 124 Å². The van der Waals surface area contributed by atoms with Gasteiger partial charge in [-0.25, -0.2) is 22.7 Å². The van der Waals surface area contributed by atoms with Crippen molar-refractivity contribution in [2.24, 2.45) is 0 Å². The van der Waals surface area contributed by atoms with Gasteiger partial charge in [-0.15, -0.1) is 5.10 Å². The Labute approximate surface area is 162 Å². The number of carbonyl (C=O) groups excluding carboxylic acids is 2. The molecular weight excluding hydrogens is 386 g/mol. The van der Waals surface area contributed by atoms with Crippen LogP contribution < -0.4 is 0 Å². The molecule has 0 N–H and O–H groups in total. The zero-order valence-corrected chi connectivity index (χ0v) is 16.7. The molecule has 11 heteroatoms. The van der Waals surface area contributed by atoms with Crippen molar-refractivity contribution in [2.45, 2.75) is 39.2 Å². The minimum atomic E-state index is -3.12. The average Bonchev–Trinajstić information content (AvgIpc) is 3.24. The molecule has 1 amide bonds. The number of fused-ring (bicyclic) bond motifs is 1. The first kappa shape index (κ1) is 20.2. The number of nitrogens with zero attached hydrogens (tertiary/aromatic N) is 5. The van der Waals surface area contributed by atoms with Crippen molar-refractivity contribution in [1.82, 2.24) is 24.5 Å². The first-order valence-electron chi connectivity index (χ1n) is 9.16. The van der Waals surface area contributed by atoms with Crippen LogP contribution in [0.2, 0.25) is 0 Å². The lowest BCUT2D eigenvalue weighted by atomic mass is 10.2. The Hall–Kier alpha value is -2.56. The van der Waals surface area contributed by atoms with Crippen LogP contribution in [0.15, 0.2) is 12.3 Å². The lowest BCUT2D eigenvalue weighted by Crippen LogP contribution is -2.44. The van der Waals surface area contributed by atoms with E-state index < -0.39 is 28.3 Å². The minimum Gasteiger partial charge on any atom is -0.450 e. The number of rotatable bonds is 7. The smallest absolute Gasteiger partial charge is 0.378 e. The van der Waals surface area contributed by atoms with Gasteiger partial charge in [0.05, 0.1) is 11.5 Å². The third-order valence-electron chi connectivity index (χ3n) is 4.66. The Morgan fingerprint density at radius 3 is 2.82 bits per heavy atom. The Kier molecular flexibility index (Phi) is 5.92. The fraction of sp³-hybridized carbons (Fsp3) is 0.588. The first-order chi connectivity index (χ1) is 13.3. The van der Waals surface area contributed by atoms with Crippen LogP contribution in [0.25, 0.3) is 5.78 Å². The molecule has 1 aliphatic heterocycles. The largest absolute Gasteiger partial charge is 0.450 e. The number of ether oxygens (including phenoxy) is 1. The zero-order chi connectivity index (χ0) is 20.3. The number of carbonyl (C=O) groups is 2. The Balaban J connectivity index is 1.65. The van der Waals surface area contributed by atoms with Gasteiger partial charge in [0.25, 0.3) is 17.5 Å². The molecule has 1 fully saturated rings. The van der Waals surface area contributed by atoms with Gasteiger partial charge in [0.15, 0.2) is 16.4 Å². The highest BCUT2D eigenvalue weighted by Crippen LogP contribution is 2.19. The second kappa shape index (κ2) is 8.21. The second-order valence-electron chi connectivity index (χ2n) is 6.81. The number of hydrogen-bond donors (Lipinski definition) is 0. The standard InChI is InChI=1S/C17H23N5O5S/c1-3-4-8-21(13-6-9-28(25,26)11-13)14(23)10-27-16(24)15-19-17-18-7-5-12(2)22(17)20-15/h5,7,13H,3-4,6,8-11H2,1-2H3/t13-/m0/s1. The molecule has 0 aromatic carbocycles. The quantitative estimate of drug-likeness (QED) is 0.602. The monoisotopic (exact) mass is 409 g/mol. The SMILES string of the molecule is CCCCN(C(=O)COC(=O)c1nc2nccc(C)n2n1)[C@H]1CCS(=O)(=O)C1. The van der Waals surface area contributed by atoms with Crippen LogP contribution in [0, 0.1) is 6.92 Å². The summed E-state index contributed by atoms with van der Waals surface area (Å²) in [5.41, 5.74) is 0.751. The number of aromatic nitrogens is 4. The van der Waals surface area contributed by atoms with Gasteiger partial charge in [-0.1, -0.05) is 13.3 Å². The molecule has 10 nitrogen and oxygen atoms in total. The molecule has 1 aliphatic rings. The van der Waals surface area contributed by atoms with Gasteiger partial charge in [0, 0.05) is 24.5 Å². The molecule has 0 saturated carbocycles. The molecule has 1 saturated heterocycles. The van der Waals surface area contributed by atoms with Crippen LogP contribution in [0.3, 0.4) is 0 Å². The van der Waals surface area contributed by atoms with E-state index in [0.717, 1.165) is 18.5 Å². The molecule has 0 unspecified atom stereocenters. The molecule has 0 bridgehead atoms. The molecule has 28 heavy (non-hydrogen) atoms. The van der Waals surface area contributed by atoms with Gasteiger partial charge in [-0.2, -0.15) is 4.98 Å². The number of aryl methyl sites for hydroxylation is 1. The predicted molar refractivity (Wildman–Crippen MR) is 99.5 cm³/mol. The van der Waals surface area contributed by atoms with E-state index in [1.165, 1.54) is 9.42 Å². The Bertz CT molecular complexity index is 987. The lowest BCUT2D eigenvalue weighted by Gasteiger charge is -2.28. The van der Waals surface area contributed by atoms with E-state index in [2.05, 4.69) is 15.1 Å². The molecule has 152 valence electrons. The van der Waals surface area contributed by atoms with Crippen molar-refractivity contribution in [3.8, 4) is 0 Å². The van der Waals surface area contributed by atoms with E-state index in [9.17, 15) is 18.0 Å². The Morgan fingerprint density at radius 2 is 2.18 bits per heavy atom. The summed E-state index contributed by atoms with van der Waals surface area (Å²) in [5, 5.41) is 4.05. The molecule has 1 atom stereocenters. The van der Waals surface area contributed by atoms with Gasteiger partial charge in [0.2, 0.25) is 0 Å². The molecule has 3 heterocycles. The number of hydrogen-bond acceptors (Lipinski definition) is 8. The number of sulfone groups is 1. The van der Waals surface area contributed by atoms with Crippen LogP contribution in [-0.2, 0) is 19.4 Å². The first-order valence-corrected chi connectivity index (χ1v) is 11.0. The van der Waals surface area contributed by atoms with Crippen LogP contribution in [0.1, 0.15) is 42.5 Å². The van der Waals surface area contributed by atoms with Crippen molar-refractivity contribution < 1.29 is 22.7 Å². The lowest BCUT2D eigenvalue weighted by molar-refractivity contribution is -0.136. The molecule has 3 rings (SSSR count). The van der Waals surface area contributed by atoms with Crippen molar-refractivity contribution in [3.63, 3.8) is 0 Å². The van der Waals surface area contributed by atoms with Gasteiger partial charge < -0.3 is 9.64 Å².